The summed E-state index contributed by atoms with van der Waals surface area (Å²) in [5.74, 6) is 1.83. The number of aromatic nitrogens is 2. The SMILES string of the molecule is Cc1ccc(-n2nc(C(C)(C)C)cc2NC(=O)Nc2cccc(CC3CCN(C(=O)C4CCC4)CC3)c2)cc1. The summed E-state index contributed by atoms with van der Waals surface area (Å²) < 4.78 is 1.79. The molecule has 1 saturated carbocycles. The molecule has 2 N–H and O–H groups in total. The number of urea groups is 1. The first-order chi connectivity index (χ1) is 18.7. The molecule has 7 heteroatoms. The fourth-order valence-electron chi connectivity index (χ4n) is 5.38. The number of aryl methyl sites for hydroxylation is 1. The second-order valence-corrected chi connectivity index (χ2v) is 12.3. The van der Waals surface area contributed by atoms with Gasteiger partial charge >= 0.3 is 6.03 Å². The molecule has 0 spiro atoms. The van der Waals surface area contributed by atoms with Crippen molar-refractivity contribution in [3.05, 3.63) is 71.4 Å². The van der Waals surface area contributed by atoms with Crippen molar-refractivity contribution in [2.45, 2.75) is 71.6 Å². The third-order valence-corrected chi connectivity index (χ3v) is 8.09. The highest BCUT2D eigenvalue weighted by Crippen LogP contribution is 2.31. The average Bonchev–Trinajstić information content (AvgIpc) is 3.28. The van der Waals surface area contributed by atoms with E-state index in [1.807, 2.05) is 49.4 Å². The van der Waals surface area contributed by atoms with Gasteiger partial charge in [0, 0.05) is 36.2 Å². The first-order valence-corrected chi connectivity index (χ1v) is 14.3. The number of piperidine rings is 1. The molecule has 2 aromatic carbocycles. The van der Waals surface area contributed by atoms with E-state index >= 15 is 0 Å². The standard InChI is InChI=1S/C32H41N5O2/c1-22-11-13-27(14-12-22)37-29(21-28(35-37)32(2,3)4)34-31(39)33-26-10-5-7-24(20-26)19-23-15-17-36(18-16-23)30(38)25-8-6-9-25/h5,7,10-14,20-21,23,25H,6,8-9,15-19H2,1-4H3,(H2,33,34,39). The van der Waals surface area contributed by atoms with E-state index in [1.165, 1.54) is 17.5 Å². The van der Waals surface area contributed by atoms with Crippen molar-refractivity contribution >= 4 is 23.4 Å². The molecule has 2 aliphatic rings. The lowest BCUT2D eigenvalue weighted by Gasteiger charge is -2.36. The minimum absolute atomic E-state index is 0.155. The third-order valence-electron chi connectivity index (χ3n) is 8.09. The number of carbonyl (C=O) groups excluding carboxylic acids is 2. The van der Waals surface area contributed by atoms with E-state index in [-0.39, 0.29) is 17.4 Å². The number of hydrogen-bond donors (Lipinski definition) is 2. The molecule has 39 heavy (non-hydrogen) atoms. The van der Waals surface area contributed by atoms with E-state index in [0.29, 0.717) is 17.6 Å². The molecular weight excluding hydrogens is 486 g/mol. The number of nitrogens with zero attached hydrogens (tertiary/aromatic N) is 3. The Balaban J connectivity index is 1.21. The zero-order valence-electron chi connectivity index (χ0n) is 23.7. The van der Waals surface area contributed by atoms with E-state index in [2.05, 4.69) is 48.4 Å². The number of carbonyl (C=O) groups is 2. The molecule has 206 valence electrons. The van der Waals surface area contributed by atoms with E-state index < -0.39 is 0 Å². The van der Waals surface area contributed by atoms with Crippen molar-refractivity contribution in [2.24, 2.45) is 11.8 Å². The summed E-state index contributed by atoms with van der Waals surface area (Å²) >= 11 is 0. The summed E-state index contributed by atoms with van der Waals surface area (Å²) in [7, 11) is 0. The van der Waals surface area contributed by atoms with Crippen LogP contribution in [-0.4, -0.2) is 39.7 Å². The molecule has 0 atom stereocenters. The van der Waals surface area contributed by atoms with E-state index in [4.69, 9.17) is 5.10 Å². The molecule has 3 amide bonds. The van der Waals surface area contributed by atoms with Gasteiger partial charge in [-0.15, -0.1) is 0 Å². The van der Waals surface area contributed by atoms with Gasteiger partial charge in [-0.05, 0) is 74.8 Å². The van der Waals surface area contributed by atoms with Crippen LogP contribution in [0.15, 0.2) is 54.6 Å². The fourth-order valence-corrected chi connectivity index (χ4v) is 5.38. The van der Waals surface area contributed by atoms with Gasteiger partial charge in [-0.1, -0.05) is 57.0 Å². The molecular formula is C32H41N5O2. The van der Waals surface area contributed by atoms with Crippen LogP contribution in [0.1, 0.15) is 69.7 Å². The lowest BCUT2D eigenvalue weighted by molar-refractivity contribution is -0.139. The van der Waals surface area contributed by atoms with Crippen LogP contribution in [0.25, 0.3) is 5.69 Å². The summed E-state index contributed by atoms with van der Waals surface area (Å²) in [6.07, 6.45) is 6.36. The zero-order valence-corrected chi connectivity index (χ0v) is 23.7. The third kappa shape index (κ3) is 6.52. The fraction of sp³-hybridized carbons (Fsp3) is 0.469. The second kappa shape index (κ2) is 11.2. The van der Waals surface area contributed by atoms with E-state index in [1.54, 1.807) is 4.68 Å². The Labute approximate surface area is 232 Å². The van der Waals surface area contributed by atoms with Gasteiger partial charge < -0.3 is 10.2 Å². The topological polar surface area (TPSA) is 79.3 Å². The predicted octanol–water partition coefficient (Wildman–Crippen LogP) is 6.70. The molecule has 1 saturated heterocycles. The molecule has 1 aliphatic carbocycles. The van der Waals surface area contributed by atoms with E-state index in [9.17, 15) is 9.59 Å². The van der Waals surface area contributed by atoms with Crippen molar-refractivity contribution in [3.63, 3.8) is 0 Å². The molecule has 7 nitrogen and oxygen atoms in total. The molecule has 0 unspecified atom stereocenters. The van der Waals surface area contributed by atoms with Gasteiger partial charge in [0.15, 0.2) is 0 Å². The first-order valence-electron chi connectivity index (χ1n) is 14.3. The number of likely N-dealkylation sites (tertiary alicyclic amines) is 1. The van der Waals surface area contributed by atoms with Crippen molar-refractivity contribution in [1.82, 2.24) is 14.7 Å². The largest absolute Gasteiger partial charge is 0.342 e. The highest BCUT2D eigenvalue weighted by atomic mass is 16.2. The Morgan fingerprint density at radius 2 is 1.67 bits per heavy atom. The Hall–Kier alpha value is -3.61. The van der Waals surface area contributed by atoms with Crippen LogP contribution in [0.4, 0.5) is 16.3 Å². The monoisotopic (exact) mass is 527 g/mol. The number of rotatable bonds is 6. The van der Waals surface area contributed by atoms with Crippen LogP contribution in [0.2, 0.25) is 0 Å². The highest BCUT2D eigenvalue weighted by molar-refractivity contribution is 5.99. The smallest absolute Gasteiger partial charge is 0.324 e. The highest BCUT2D eigenvalue weighted by Gasteiger charge is 2.31. The minimum atomic E-state index is -0.302. The number of benzene rings is 2. The van der Waals surface area contributed by atoms with Crippen LogP contribution >= 0.6 is 0 Å². The number of amides is 3. The maximum atomic E-state index is 13.1. The molecule has 5 rings (SSSR count). The number of nitrogens with one attached hydrogen (secondary N) is 2. The predicted molar refractivity (Wildman–Crippen MR) is 156 cm³/mol. The normalized spacial score (nSPS) is 16.6. The number of hydrogen-bond acceptors (Lipinski definition) is 3. The van der Waals surface area contributed by atoms with Gasteiger partial charge in [-0.3, -0.25) is 10.1 Å². The first kappa shape index (κ1) is 27.0. The van der Waals surface area contributed by atoms with Gasteiger partial charge in [0.1, 0.15) is 5.82 Å². The van der Waals surface area contributed by atoms with Crippen LogP contribution < -0.4 is 10.6 Å². The van der Waals surface area contributed by atoms with Crippen LogP contribution in [-0.2, 0) is 16.6 Å². The van der Waals surface area contributed by atoms with Crippen LogP contribution in [0.5, 0.6) is 0 Å². The van der Waals surface area contributed by atoms with Gasteiger partial charge in [-0.2, -0.15) is 5.10 Å². The van der Waals surface area contributed by atoms with E-state index in [0.717, 1.165) is 62.3 Å². The molecule has 2 fully saturated rings. The molecule has 0 radical (unpaired) electrons. The molecule has 1 aliphatic heterocycles. The minimum Gasteiger partial charge on any atom is -0.342 e. The zero-order chi connectivity index (χ0) is 27.6. The van der Waals surface area contributed by atoms with Gasteiger partial charge in [0.2, 0.25) is 5.91 Å². The van der Waals surface area contributed by atoms with Crippen LogP contribution in [0.3, 0.4) is 0 Å². The number of anilines is 2. The lowest BCUT2D eigenvalue weighted by atomic mass is 9.83. The molecule has 1 aromatic heterocycles. The van der Waals surface area contributed by atoms with Gasteiger partial charge in [-0.25, -0.2) is 9.48 Å². The molecule has 0 bridgehead atoms. The molecule has 3 aromatic rings. The summed E-state index contributed by atoms with van der Waals surface area (Å²) in [6.45, 7) is 10.1. The Morgan fingerprint density at radius 3 is 2.31 bits per heavy atom. The second-order valence-electron chi connectivity index (χ2n) is 12.3. The summed E-state index contributed by atoms with van der Waals surface area (Å²) in [5, 5.41) is 10.8. The maximum Gasteiger partial charge on any atom is 0.324 e. The maximum absolute atomic E-state index is 13.1. The van der Waals surface area contributed by atoms with Gasteiger partial charge in [0.05, 0.1) is 11.4 Å². The Morgan fingerprint density at radius 1 is 0.949 bits per heavy atom. The summed E-state index contributed by atoms with van der Waals surface area (Å²) in [4.78, 5) is 27.7. The molecule has 2 heterocycles. The quantitative estimate of drug-likeness (QED) is 0.374. The van der Waals surface area contributed by atoms with Crippen molar-refractivity contribution in [1.29, 1.82) is 0 Å². The average molecular weight is 528 g/mol. The Kier molecular flexibility index (Phi) is 7.78. The van der Waals surface area contributed by atoms with Crippen molar-refractivity contribution < 1.29 is 9.59 Å². The van der Waals surface area contributed by atoms with Crippen LogP contribution in [0, 0.1) is 18.8 Å². The summed E-state index contributed by atoms with van der Waals surface area (Å²) in [6, 6.07) is 17.8. The lowest BCUT2D eigenvalue weighted by Crippen LogP contribution is -2.43. The van der Waals surface area contributed by atoms with Gasteiger partial charge in [0.25, 0.3) is 0 Å². The summed E-state index contributed by atoms with van der Waals surface area (Å²) in [5.41, 5.74) is 4.78. The Bertz CT molecular complexity index is 1310. The van der Waals surface area contributed by atoms with Crippen molar-refractivity contribution in [2.75, 3.05) is 23.7 Å². The van der Waals surface area contributed by atoms with Crippen molar-refractivity contribution in [3.8, 4) is 5.69 Å².